The lowest BCUT2D eigenvalue weighted by Gasteiger charge is -2.11. The number of methoxy groups -OCH3 is 1. The van der Waals surface area contributed by atoms with Crippen LogP contribution in [0.3, 0.4) is 0 Å². The summed E-state index contributed by atoms with van der Waals surface area (Å²) in [6.45, 7) is 8.96. The van der Waals surface area contributed by atoms with Crippen molar-refractivity contribution >= 4 is 5.97 Å². The Morgan fingerprint density at radius 2 is 2.00 bits per heavy atom. The third kappa shape index (κ3) is 8.39. The fourth-order valence-electron chi connectivity index (χ4n) is 1.07. The van der Waals surface area contributed by atoms with E-state index in [9.17, 15) is 4.79 Å². The fraction of sp³-hybridized carbons (Fsp3) is 0.909. The van der Waals surface area contributed by atoms with E-state index >= 15 is 0 Å². The van der Waals surface area contributed by atoms with E-state index in [1.54, 1.807) is 0 Å². The van der Waals surface area contributed by atoms with Gasteiger partial charge in [0.05, 0.1) is 19.6 Å². The van der Waals surface area contributed by atoms with Gasteiger partial charge in [-0.15, -0.1) is 0 Å². The topological polar surface area (TPSA) is 47.6 Å². The van der Waals surface area contributed by atoms with Crippen LogP contribution < -0.4 is 5.32 Å². The molecule has 0 aromatic carbocycles. The molecule has 0 amide bonds. The predicted molar refractivity (Wildman–Crippen MR) is 59.7 cm³/mol. The van der Waals surface area contributed by atoms with Gasteiger partial charge in [0.15, 0.2) is 0 Å². The van der Waals surface area contributed by atoms with Gasteiger partial charge in [-0.2, -0.15) is 0 Å². The summed E-state index contributed by atoms with van der Waals surface area (Å²) in [5, 5.41) is 3.15. The van der Waals surface area contributed by atoms with Crippen LogP contribution in [0.25, 0.3) is 0 Å². The molecule has 0 radical (unpaired) electrons. The van der Waals surface area contributed by atoms with E-state index in [-0.39, 0.29) is 11.9 Å². The van der Waals surface area contributed by atoms with Gasteiger partial charge in [0.2, 0.25) is 0 Å². The third-order valence-electron chi connectivity index (χ3n) is 1.93. The molecule has 0 fully saturated rings. The maximum atomic E-state index is 11.0. The van der Waals surface area contributed by atoms with Gasteiger partial charge in [-0.1, -0.05) is 20.8 Å². The molecule has 1 unspecified atom stereocenters. The van der Waals surface area contributed by atoms with Crippen molar-refractivity contribution in [1.29, 1.82) is 0 Å². The zero-order valence-corrected chi connectivity index (χ0v) is 10.2. The SMILES string of the molecule is COC(=O)C(C)CNCCOCC(C)C. The Balaban J connectivity index is 3.27. The lowest BCUT2D eigenvalue weighted by molar-refractivity contribution is -0.144. The van der Waals surface area contributed by atoms with E-state index in [0.29, 0.717) is 19.1 Å². The summed E-state index contributed by atoms with van der Waals surface area (Å²) in [6.07, 6.45) is 0. The molecule has 0 saturated carbocycles. The van der Waals surface area contributed by atoms with Gasteiger partial charge in [0.1, 0.15) is 0 Å². The van der Waals surface area contributed by atoms with Crippen LogP contribution in [-0.2, 0) is 14.3 Å². The first kappa shape index (κ1) is 14.4. The quantitative estimate of drug-likeness (QED) is 0.488. The molecule has 4 nitrogen and oxygen atoms in total. The van der Waals surface area contributed by atoms with Crippen LogP contribution in [0.4, 0.5) is 0 Å². The second-order valence-corrected chi connectivity index (χ2v) is 4.10. The second kappa shape index (κ2) is 8.68. The zero-order chi connectivity index (χ0) is 11.7. The molecule has 0 aromatic heterocycles. The zero-order valence-electron chi connectivity index (χ0n) is 10.2. The predicted octanol–water partition coefficient (Wildman–Crippen LogP) is 1.06. The Morgan fingerprint density at radius 1 is 1.33 bits per heavy atom. The smallest absolute Gasteiger partial charge is 0.309 e. The van der Waals surface area contributed by atoms with Gasteiger partial charge < -0.3 is 14.8 Å². The summed E-state index contributed by atoms with van der Waals surface area (Å²) < 4.78 is 10.00. The third-order valence-corrected chi connectivity index (χ3v) is 1.93. The number of hydrogen-bond donors (Lipinski definition) is 1. The van der Waals surface area contributed by atoms with E-state index in [1.807, 2.05) is 6.92 Å². The summed E-state index contributed by atoms with van der Waals surface area (Å²) in [6, 6.07) is 0. The summed E-state index contributed by atoms with van der Waals surface area (Å²) in [4.78, 5) is 11.0. The molecule has 15 heavy (non-hydrogen) atoms. The Morgan fingerprint density at radius 3 is 2.53 bits per heavy atom. The molecular formula is C11H23NO3. The van der Waals surface area contributed by atoms with E-state index in [0.717, 1.165) is 13.2 Å². The highest BCUT2D eigenvalue weighted by Gasteiger charge is 2.11. The van der Waals surface area contributed by atoms with E-state index in [1.165, 1.54) is 7.11 Å². The monoisotopic (exact) mass is 217 g/mol. The second-order valence-electron chi connectivity index (χ2n) is 4.10. The number of ether oxygens (including phenoxy) is 2. The minimum atomic E-state index is -0.175. The molecule has 0 rings (SSSR count). The van der Waals surface area contributed by atoms with Gasteiger partial charge in [-0.3, -0.25) is 4.79 Å². The van der Waals surface area contributed by atoms with Crippen LogP contribution >= 0.6 is 0 Å². The number of esters is 1. The molecule has 0 spiro atoms. The summed E-state index contributed by atoms with van der Waals surface area (Å²) in [5.74, 6) is 0.296. The van der Waals surface area contributed by atoms with Crippen molar-refractivity contribution in [2.75, 3.05) is 33.4 Å². The first-order chi connectivity index (χ1) is 7.07. The molecule has 0 saturated heterocycles. The largest absolute Gasteiger partial charge is 0.469 e. The number of nitrogens with one attached hydrogen (secondary N) is 1. The maximum Gasteiger partial charge on any atom is 0.309 e. The molecule has 0 aliphatic carbocycles. The van der Waals surface area contributed by atoms with Crippen LogP contribution in [0, 0.1) is 11.8 Å². The molecule has 90 valence electrons. The minimum absolute atomic E-state index is 0.0971. The molecule has 0 bridgehead atoms. The van der Waals surface area contributed by atoms with Crippen molar-refractivity contribution in [3.63, 3.8) is 0 Å². The number of hydrogen-bond acceptors (Lipinski definition) is 4. The van der Waals surface area contributed by atoms with Gasteiger partial charge >= 0.3 is 5.97 Å². The highest BCUT2D eigenvalue weighted by molar-refractivity contribution is 5.71. The normalized spacial score (nSPS) is 12.9. The van der Waals surface area contributed by atoms with Crippen LogP contribution in [0.5, 0.6) is 0 Å². The molecule has 1 atom stereocenters. The molecular weight excluding hydrogens is 194 g/mol. The molecule has 0 aliphatic heterocycles. The van der Waals surface area contributed by atoms with Crippen molar-refractivity contribution in [3.8, 4) is 0 Å². The minimum Gasteiger partial charge on any atom is -0.469 e. The summed E-state index contributed by atoms with van der Waals surface area (Å²) >= 11 is 0. The van der Waals surface area contributed by atoms with Gasteiger partial charge in [0, 0.05) is 19.7 Å². The molecule has 0 aromatic rings. The first-order valence-electron chi connectivity index (χ1n) is 5.44. The van der Waals surface area contributed by atoms with E-state index < -0.39 is 0 Å². The summed E-state index contributed by atoms with van der Waals surface area (Å²) in [7, 11) is 1.41. The van der Waals surface area contributed by atoms with Gasteiger partial charge in [-0.05, 0) is 5.92 Å². The van der Waals surface area contributed by atoms with Crippen molar-refractivity contribution in [2.45, 2.75) is 20.8 Å². The standard InChI is InChI=1S/C11H23NO3/c1-9(2)8-15-6-5-12-7-10(3)11(13)14-4/h9-10,12H,5-8H2,1-4H3. The Bertz CT molecular complexity index is 171. The Hall–Kier alpha value is -0.610. The number of carbonyl (C=O) groups excluding carboxylic acids is 1. The van der Waals surface area contributed by atoms with Crippen molar-refractivity contribution in [3.05, 3.63) is 0 Å². The molecule has 4 heteroatoms. The first-order valence-corrected chi connectivity index (χ1v) is 5.44. The number of rotatable bonds is 8. The Labute approximate surface area is 92.3 Å². The lowest BCUT2D eigenvalue weighted by atomic mass is 10.2. The van der Waals surface area contributed by atoms with Crippen molar-refractivity contribution in [2.24, 2.45) is 11.8 Å². The van der Waals surface area contributed by atoms with Crippen molar-refractivity contribution < 1.29 is 14.3 Å². The van der Waals surface area contributed by atoms with Crippen LogP contribution in [-0.4, -0.2) is 39.4 Å². The lowest BCUT2D eigenvalue weighted by Crippen LogP contribution is -2.29. The fourth-order valence-corrected chi connectivity index (χ4v) is 1.07. The molecule has 0 heterocycles. The average molecular weight is 217 g/mol. The van der Waals surface area contributed by atoms with E-state index in [2.05, 4.69) is 23.9 Å². The van der Waals surface area contributed by atoms with Gasteiger partial charge in [-0.25, -0.2) is 0 Å². The average Bonchev–Trinajstić information content (AvgIpc) is 2.21. The highest BCUT2D eigenvalue weighted by atomic mass is 16.5. The van der Waals surface area contributed by atoms with Gasteiger partial charge in [0.25, 0.3) is 0 Å². The maximum absolute atomic E-state index is 11.0. The van der Waals surface area contributed by atoms with Crippen LogP contribution in [0.1, 0.15) is 20.8 Å². The molecule has 1 N–H and O–H groups in total. The highest BCUT2D eigenvalue weighted by Crippen LogP contribution is 1.95. The summed E-state index contributed by atoms with van der Waals surface area (Å²) in [5.41, 5.74) is 0. The van der Waals surface area contributed by atoms with Crippen molar-refractivity contribution in [1.82, 2.24) is 5.32 Å². The molecule has 0 aliphatic rings. The number of carbonyl (C=O) groups is 1. The van der Waals surface area contributed by atoms with Crippen LogP contribution in [0.15, 0.2) is 0 Å². The van der Waals surface area contributed by atoms with Crippen LogP contribution in [0.2, 0.25) is 0 Å². The Kier molecular flexibility index (Phi) is 8.33. The van der Waals surface area contributed by atoms with E-state index in [4.69, 9.17) is 4.74 Å².